The summed E-state index contributed by atoms with van der Waals surface area (Å²) >= 11 is 0. The third-order valence-electron chi connectivity index (χ3n) is 2.16. The molecule has 0 heterocycles. The Bertz CT molecular complexity index is 418. The second-order valence-electron chi connectivity index (χ2n) is 4.95. The summed E-state index contributed by atoms with van der Waals surface area (Å²) in [6, 6.07) is 6.21. The van der Waals surface area contributed by atoms with E-state index in [2.05, 4.69) is 11.9 Å². The Labute approximate surface area is 107 Å². The van der Waals surface area contributed by atoms with Crippen LogP contribution in [-0.2, 0) is 4.74 Å². The van der Waals surface area contributed by atoms with Crippen molar-refractivity contribution in [3.8, 4) is 5.75 Å². The van der Waals surface area contributed by atoms with Crippen LogP contribution in [0.15, 0.2) is 36.9 Å². The van der Waals surface area contributed by atoms with E-state index in [9.17, 15) is 9.90 Å². The summed E-state index contributed by atoms with van der Waals surface area (Å²) in [5, 5.41) is 11.9. The minimum Gasteiger partial charge on any atom is -0.508 e. The first kappa shape index (κ1) is 14.1. The van der Waals surface area contributed by atoms with Crippen LogP contribution in [-0.4, -0.2) is 16.8 Å². The van der Waals surface area contributed by atoms with Crippen molar-refractivity contribution in [1.29, 1.82) is 0 Å². The number of phenols is 1. The fourth-order valence-corrected chi connectivity index (χ4v) is 1.39. The second-order valence-corrected chi connectivity index (χ2v) is 4.95. The average molecular weight is 249 g/mol. The standard InChI is InChI=1S/C14H19NO3/c1-5-12(10-6-8-11(16)9-7-10)15-13(17)18-14(2,3)4/h5-9,12,16H,1H2,2-4H3,(H,15,17). The SMILES string of the molecule is C=CC(NC(=O)OC(C)(C)C)c1ccc(O)cc1. The first-order valence-electron chi connectivity index (χ1n) is 5.73. The van der Waals surface area contributed by atoms with Gasteiger partial charge in [0.15, 0.2) is 0 Å². The lowest BCUT2D eigenvalue weighted by Gasteiger charge is -2.22. The van der Waals surface area contributed by atoms with E-state index in [0.717, 1.165) is 5.56 Å². The van der Waals surface area contributed by atoms with Crippen LogP contribution in [0.3, 0.4) is 0 Å². The van der Waals surface area contributed by atoms with Crippen LogP contribution in [0.4, 0.5) is 4.79 Å². The van der Waals surface area contributed by atoms with Gasteiger partial charge < -0.3 is 15.2 Å². The molecular weight excluding hydrogens is 230 g/mol. The molecule has 98 valence electrons. The normalized spacial score (nSPS) is 12.6. The molecule has 0 aliphatic rings. The highest BCUT2D eigenvalue weighted by Crippen LogP contribution is 2.18. The second kappa shape index (κ2) is 5.58. The van der Waals surface area contributed by atoms with Gasteiger partial charge in [-0.15, -0.1) is 6.58 Å². The molecule has 0 aliphatic heterocycles. The number of benzene rings is 1. The number of ether oxygens (including phenoxy) is 1. The highest BCUT2D eigenvalue weighted by molar-refractivity contribution is 5.68. The molecule has 0 aliphatic carbocycles. The van der Waals surface area contributed by atoms with Crippen molar-refractivity contribution in [2.45, 2.75) is 32.4 Å². The Morgan fingerprint density at radius 2 is 1.94 bits per heavy atom. The van der Waals surface area contributed by atoms with E-state index in [4.69, 9.17) is 4.74 Å². The molecule has 0 saturated carbocycles. The van der Waals surface area contributed by atoms with E-state index in [1.165, 1.54) is 0 Å². The number of aromatic hydroxyl groups is 1. The van der Waals surface area contributed by atoms with Crippen LogP contribution < -0.4 is 5.32 Å². The molecule has 18 heavy (non-hydrogen) atoms. The molecule has 0 radical (unpaired) electrons. The smallest absolute Gasteiger partial charge is 0.408 e. The Balaban J connectivity index is 2.71. The van der Waals surface area contributed by atoms with Crippen LogP contribution in [0.5, 0.6) is 5.75 Å². The van der Waals surface area contributed by atoms with Crippen molar-refractivity contribution < 1.29 is 14.6 Å². The fourth-order valence-electron chi connectivity index (χ4n) is 1.39. The van der Waals surface area contributed by atoms with E-state index < -0.39 is 11.7 Å². The summed E-state index contributed by atoms with van der Waals surface area (Å²) in [7, 11) is 0. The Kier molecular flexibility index (Phi) is 4.37. The highest BCUT2D eigenvalue weighted by atomic mass is 16.6. The lowest BCUT2D eigenvalue weighted by atomic mass is 10.1. The molecule has 4 heteroatoms. The molecule has 1 amide bonds. The van der Waals surface area contributed by atoms with Crippen molar-refractivity contribution in [2.24, 2.45) is 0 Å². The van der Waals surface area contributed by atoms with Gasteiger partial charge in [-0.1, -0.05) is 18.2 Å². The van der Waals surface area contributed by atoms with Gasteiger partial charge in [0, 0.05) is 0 Å². The number of phenolic OH excluding ortho intramolecular Hbond substituents is 1. The molecule has 1 rings (SSSR count). The zero-order valence-corrected chi connectivity index (χ0v) is 10.9. The highest BCUT2D eigenvalue weighted by Gasteiger charge is 2.18. The number of hydrogen-bond acceptors (Lipinski definition) is 3. The van der Waals surface area contributed by atoms with Gasteiger partial charge in [0.1, 0.15) is 11.4 Å². The zero-order valence-electron chi connectivity index (χ0n) is 10.9. The van der Waals surface area contributed by atoms with E-state index in [0.29, 0.717) is 0 Å². The number of amides is 1. The maximum absolute atomic E-state index is 11.6. The van der Waals surface area contributed by atoms with E-state index in [-0.39, 0.29) is 11.8 Å². The van der Waals surface area contributed by atoms with E-state index >= 15 is 0 Å². The number of alkyl carbamates (subject to hydrolysis) is 1. The maximum Gasteiger partial charge on any atom is 0.408 e. The molecule has 0 fully saturated rings. The first-order valence-corrected chi connectivity index (χ1v) is 5.73. The molecule has 1 unspecified atom stereocenters. The number of nitrogens with one attached hydrogen (secondary N) is 1. The van der Waals surface area contributed by atoms with Crippen LogP contribution in [0.1, 0.15) is 32.4 Å². The van der Waals surface area contributed by atoms with Gasteiger partial charge in [0.2, 0.25) is 0 Å². The third kappa shape index (κ3) is 4.49. The molecule has 2 N–H and O–H groups in total. The molecule has 4 nitrogen and oxygen atoms in total. The summed E-state index contributed by atoms with van der Waals surface area (Å²) in [5.74, 6) is 0.179. The maximum atomic E-state index is 11.6. The Morgan fingerprint density at radius 3 is 2.39 bits per heavy atom. The van der Waals surface area contributed by atoms with Crippen LogP contribution in [0.25, 0.3) is 0 Å². The first-order chi connectivity index (χ1) is 8.31. The summed E-state index contributed by atoms with van der Waals surface area (Å²) in [6.45, 7) is 9.08. The van der Waals surface area contributed by atoms with E-state index in [1.54, 1.807) is 51.1 Å². The zero-order chi connectivity index (χ0) is 13.8. The largest absolute Gasteiger partial charge is 0.508 e. The molecule has 0 aromatic heterocycles. The minimum absolute atomic E-state index is 0.179. The van der Waals surface area contributed by atoms with Crippen molar-refractivity contribution in [2.75, 3.05) is 0 Å². The van der Waals surface area contributed by atoms with Crippen molar-refractivity contribution in [3.05, 3.63) is 42.5 Å². The van der Waals surface area contributed by atoms with Crippen molar-refractivity contribution >= 4 is 6.09 Å². The van der Waals surface area contributed by atoms with E-state index in [1.807, 2.05) is 0 Å². The molecule has 0 bridgehead atoms. The lowest BCUT2D eigenvalue weighted by molar-refractivity contribution is 0.0514. The molecule has 0 saturated heterocycles. The number of rotatable bonds is 3. The lowest BCUT2D eigenvalue weighted by Crippen LogP contribution is -2.34. The van der Waals surface area contributed by atoms with Crippen LogP contribution in [0, 0.1) is 0 Å². The number of hydrogen-bond donors (Lipinski definition) is 2. The third-order valence-corrected chi connectivity index (χ3v) is 2.16. The fraction of sp³-hybridized carbons (Fsp3) is 0.357. The van der Waals surface area contributed by atoms with Gasteiger partial charge in [-0.2, -0.15) is 0 Å². The van der Waals surface area contributed by atoms with Gasteiger partial charge in [-0.3, -0.25) is 0 Å². The molecule has 1 aromatic rings. The Hall–Kier alpha value is -1.97. The van der Waals surface area contributed by atoms with Crippen LogP contribution in [0.2, 0.25) is 0 Å². The summed E-state index contributed by atoms with van der Waals surface area (Å²) < 4.78 is 5.17. The van der Waals surface area contributed by atoms with Gasteiger partial charge in [-0.25, -0.2) is 4.79 Å². The predicted octanol–water partition coefficient (Wildman–Crippen LogP) is 3.14. The molecule has 1 aromatic carbocycles. The number of carbonyl (C=O) groups is 1. The molecular formula is C14H19NO3. The molecule has 0 spiro atoms. The van der Waals surface area contributed by atoms with Gasteiger partial charge in [-0.05, 0) is 38.5 Å². The minimum atomic E-state index is -0.537. The van der Waals surface area contributed by atoms with Gasteiger partial charge in [0.25, 0.3) is 0 Å². The van der Waals surface area contributed by atoms with Gasteiger partial charge >= 0.3 is 6.09 Å². The monoisotopic (exact) mass is 249 g/mol. The van der Waals surface area contributed by atoms with Crippen molar-refractivity contribution in [1.82, 2.24) is 5.32 Å². The van der Waals surface area contributed by atoms with Crippen LogP contribution >= 0.6 is 0 Å². The predicted molar refractivity (Wildman–Crippen MR) is 70.4 cm³/mol. The average Bonchev–Trinajstić information content (AvgIpc) is 2.25. The topological polar surface area (TPSA) is 58.6 Å². The van der Waals surface area contributed by atoms with Crippen molar-refractivity contribution in [3.63, 3.8) is 0 Å². The summed E-state index contributed by atoms with van der Waals surface area (Å²) in [5.41, 5.74) is 0.291. The summed E-state index contributed by atoms with van der Waals surface area (Å²) in [4.78, 5) is 11.6. The summed E-state index contributed by atoms with van der Waals surface area (Å²) in [6.07, 6.45) is 1.11. The quantitative estimate of drug-likeness (QED) is 0.809. The van der Waals surface area contributed by atoms with Gasteiger partial charge in [0.05, 0.1) is 6.04 Å². The molecule has 1 atom stereocenters. The number of carbonyl (C=O) groups excluding carboxylic acids is 1. The Morgan fingerprint density at radius 1 is 1.39 bits per heavy atom.